The maximum Gasteiger partial charge on any atom is 0.239 e. The molecule has 0 bridgehead atoms. The van der Waals surface area contributed by atoms with Gasteiger partial charge in [-0.2, -0.15) is 0 Å². The number of hydrogen-bond donors (Lipinski definition) is 2. The van der Waals surface area contributed by atoms with Crippen LogP contribution in [-0.4, -0.2) is 42.9 Å². The minimum Gasteiger partial charge on any atom is -0.359 e. The summed E-state index contributed by atoms with van der Waals surface area (Å²) in [5, 5.41) is 2.66. The van der Waals surface area contributed by atoms with Gasteiger partial charge in [0.25, 0.3) is 0 Å². The van der Waals surface area contributed by atoms with E-state index in [-0.39, 0.29) is 11.8 Å². The summed E-state index contributed by atoms with van der Waals surface area (Å²) >= 11 is 0. The van der Waals surface area contributed by atoms with Gasteiger partial charge in [-0.3, -0.25) is 9.59 Å². The molecule has 1 fully saturated rings. The van der Waals surface area contributed by atoms with Gasteiger partial charge < -0.3 is 16.0 Å². The van der Waals surface area contributed by atoms with Gasteiger partial charge in [0.15, 0.2) is 0 Å². The molecule has 2 amide bonds. The number of likely N-dealkylation sites (tertiary alicyclic amines) is 1. The molecule has 1 rings (SSSR count). The molecule has 1 aliphatic heterocycles. The maximum absolute atomic E-state index is 12.1. The van der Waals surface area contributed by atoms with Crippen molar-refractivity contribution in [1.82, 2.24) is 10.2 Å². The highest BCUT2D eigenvalue weighted by atomic mass is 16.2. The highest BCUT2D eigenvalue weighted by Crippen LogP contribution is 2.30. The Bertz CT molecular complexity index is 330. The van der Waals surface area contributed by atoms with Gasteiger partial charge in [-0.05, 0) is 25.7 Å². The fourth-order valence-corrected chi connectivity index (χ4v) is 2.48. The van der Waals surface area contributed by atoms with Gasteiger partial charge >= 0.3 is 0 Å². The van der Waals surface area contributed by atoms with E-state index in [9.17, 15) is 9.59 Å². The first-order valence-electron chi connectivity index (χ1n) is 6.56. The Morgan fingerprint density at radius 3 is 2.56 bits per heavy atom. The molecule has 18 heavy (non-hydrogen) atoms. The summed E-state index contributed by atoms with van der Waals surface area (Å²) in [4.78, 5) is 25.6. The van der Waals surface area contributed by atoms with Crippen LogP contribution in [0.2, 0.25) is 0 Å². The van der Waals surface area contributed by atoms with Crippen molar-refractivity contribution in [3.8, 4) is 0 Å². The van der Waals surface area contributed by atoms with Crippen molar-refractivity contribution < 1.29 is 9.59 Å². The van der Waals surface area contributed by atoms with Crippen molar-refractivity contribution in [2.45, 2.75) is 39.7 Å². The van der Waals surface area contributed by atoms with Crippen LogP contribution in [0.4, 0.5) is 0 Å². The van der Waals surface area contributed by atoms with Crippen LogP contribution < -0.4 is 11.1 Å². The Balaban J connectivity index is 2.61. The lowest BCUT2D eigenvalue weighted by Crippen LogP contribution is -2.46. The van der Waals surface area contributed by atoms with Crippen LogP contribution in [0.5, 0.6) is 0 Å². The molecule has 1 heterocycles. The van der Waals surface area contributed by atoms with Crippen LogP contribution in [0, 0.1) is 11.3 Å². The van der Waals surface area contributed by atoms with Crippen LogP contribution in [0.15, 0.2) is 0 Å². The Kier molecular flexibility index (Phi) is 4.73. The first kappa shape index (κ1) is 15.0. The van der Waals surface area contributed by atoms with Crippen LogP contribution in [-0.2, 0) is 9.59 Å². The first-order chi connectivity index (χ1) is 8.30. The average Bonchev–Trinajstić information content (AvgIpc) is 2.70. The van der Waals surface area contributed by atoms with Gasteiger partial charge in [-0.1, -0.05) is 13.8 Å². The molecule has 0 radical (unpaired) electrons. The molecule has 1 aliphatic rings. The zero-order valence-corrected chi connectivity index (χ0v) is 11.8. The highest BCUT2D eigenvalue weighted by molar-refractivity contribution is 5.86. The van der Waals surface area contributed by atoms with Crippen LogP contribution in [0.25, 0.3) is 0 Å². The standard InChI is InChI=1S/C13H25N3O2/c1-9(2)7-10(14)11(17)16-6-5-13(3,8-16)12(18)15-4/h9-10H,5-8,14H2,1-4H3,(H,15,18). The fraction of sp³-hybridized carbons (Fsp3) is 0.846. The zero-order valence-electron chi connectivity index (χ0n) is 11.8. The second kappa shape index (κ2) is 5.69. The average molecular weight is 255 g/mol. The molecule has 2 unspecified atom stereocenters. The van der Waals surface area contributed by atoms with Crippen LogP contribution in [0.3, 0.4) is 0 Å². The molecule has 0 aromatic carbocycles. The van der Waals surface area contributed by atoms with E-state index >= 15 is 0 Å². The largest absolute Gasteiger partial charge is 0.359 e. The molecule has 0 saturated carbocycles. The van der Waals surface area contributed by atoms with E-state index in [0.717, 1.165) is 0 Å². The summed E-state index contributed by atoms with van der Waals surface area (Å²) in [5.41, 5.74) is 5.43. The van der Waals surface area contributed by atoms with Crippen molar-refractivity contribution in [1.29, 1.82) is 0 Å². The number of amides is 2. The Morgan fingerprint density at radius 2 is 2.06 bits per heavy atom. The lowest BCUT2D eigenvalue weighted by atomic mass is 9.89. The van der Waals surface area contributed by atoms with Crippen molar-refractivity contribution in [3.05, 3.63) is 0 Å². The quantitative estimate of drug-likeness (QED) is 0.761. The third kappa shape index (κ3) is 3.22. The topological polar surface area (TPSA) is 75.4 Å². The van der Waals surface area contributed by atoms with Gasteiger partial charge in [-0.25, -0.2) is 0 Å². The van der Waals surface area contributed by atoms with E-state index in [4.69, 9.17) is 5.73 Å². The maximum atomic E-state index is 12.1. The summed E-state index contributed by atoms with van der Waals surface area (Å²) in [7, 11) is 1.63. The minimum atomic E-state index is -0.470. The molecule has 0 aliphatic carbocycles. The molecule has 5 nitrogen and oxygen atoms in total. The van der Waals surface area contributed by atoms with Gasteiger partial charge in [0.1, 0.15) is 0 Å². The van der Waals surface area contributed by atoms with Crippen molar-refractivity contribution >= 4 is 11.8 Å². The molecule has 5 heteroatoms. The predicted octanol–water partition coefficient (Wildman–Crippen LogP) is 0.344. The fourth-order valence-electron chi connectivity index (χ4n) is 2.48. The summed E-state index contributed by atoms with van der Waals surface area (Å²) in [6.07, 6.45) is 1.39. The predicted molar refractivity (Wildman–Crippen MR) is 70.8 cm³/mol. The monoisotopic (exact) mass is 255 g/mol. The highest BCUT2D eigenvalue weighted by Gasteiger charge is 2.42. The normalized spacial score (nSPS) is 25.3. The molecular weight excluding hydrogens is 230 g/mol. The molecule has 104 valence electrons. The number of carbonyl (C=O) groups excluding carboxylic acids is 2. The SMILES string of the molecule is CNC(=O)C1(C)CCN(C(=O)C(N)CC(C)C)C1. The number of rotatable bonds is 4. The molecule has 0 spiro atoms. The Morgan fingerprint density at radius 1 is 1.44 bits per heavy atom. The van der Waals surface area contributed by atoms with E-state index in [1.807, 2.05) is 20.8 Å². The smallest absolute Gasteiger partial charge is 0.239 e. The third-order valence-corrected chi connectivity index (χ3v) is 3.60. The van der Waals surface area contributed by atoms with E-state index in [2.05, 4.69) is 5.32 Å². The van der Waals surface area contributed by atoms with Gasteiger partial charge in [0.05, 0.1) is 11.5 Å². The molecule has 0 aromatic rings. The molecule has 3 N–H and O–H groups in total. The Labute approximate surface area is 109 Å². The van der Waals surface area contributed by atoms with E-state index < -0.39 is 11.5 Å². The zero-order chi connectivity index (χ0) is 13.9. The third-order valence-electron chi connectivity index (χ3n) is 3.60. The van der Waals surface area contributed by atoms with Crippen molar-refractivity contribution in [3.63, 3.8) is 0 Å². The van der Waals surface area contributed by atoms with Gasteiger partial charge in [0.2, 0.25) is 11.8 Å². The van der Waals surface area contributed by atoms with Crippen LogP contribution in [0.1, 0.15) is 33.6 Å². The summed E-state index contributed by atoms with van der Waals surface area (Å²) in [6.45, 7) is 7.08. The van der Waals surface area contributed by atoms with Crippen molar-refractivity contribution in [2.75, 3.05) is 20.1 Å². The van der Waals surface area contributed by atoms with Crippen LogP contribution >= 0.6 is 0 Å². The molecule has 1 saturated heterocycles. The number of carbonyl (C=O) groups is 2. The second-order valence-corrected chi connectivity index (χ2v) is 5.89. The summed E-state index contributed by atoms with van der Waals surface area (Å²) in [5.74, 6) is 0.364. The molecule has 0 aromatic heterocycles. The first-order valence-corrected chi connectivity index (χ1v) is 6.56. The second-order valence-electron chi connectivity index (χ2n) is 5.89. The van der Waals surface area contributed by atoms with Gasteiger partial charge in [-0.15, -0.1) is 0 Å². The van der Waals surface area contributed by atoms with E-state index in [1.54, 1.807) is 11.9 Å². The summed E-state index contributed by atoms with van der Waals surface area (Å²) < 4.78 is 0. The minimum absolute atomic E-state index is 0.00442. The number of nitrogens with one attached hydrogen (secondary N) is 1. The lowest BCUT2D eigenvalue weighted by Gasteiger charge is -2.25. The van der Waals surface area contributed by atoms with Crippen molar-refractivity contribution in [2.24, 2.45) is 17.1 Å². The number of nitrogens with zero attached hydrogens (tertiary/aromatic N) is 1. The van der Waals surface area contributed by atoms with Gasteiger partial charge in [0, 0.05) is 20.1 Å². The molecule has 2 atom stereocenters. The molecular formula is C13H25N3O2. The number of hydrogen-bond acceptors (Lipinski definition) is 3. The van der Waals surface area contributed by atoms with E-state index in [1.165, 1.54) is 0 Å². The summed E-state index contributed by atoms with van der Waals surface area (Å²) in [6, 6.07) is -0.447. The lowest BCUT2D eigenvalue weighted by molar-refractivity contribution is -0.133. The van der Waals surface area contributed by atoms with E-state index in [0.29, 0.717) is 31.8 Å². The number of nitrogens with two attached hydrogens (primary N) is 1. The Hall–Kier alpha value is -1.10.